The van der Waals surface area contributed by atoms with Crippen LogP contribution in [0.15, 0.2) is 42.5 Å². The van der Waals surface area contributed by atoms with Gasteiger partial charge in [-0.1, -0.05) is 12.1 Å². The van der Waals surface area contributed by atoms with E-state index < -0.39 is 17.6 Å². The van der Waals surface area contributed by atoms with Crippen molar-refractivity contribution in [3.63, 3.8) is 0 Å². The highest BCUT2D eigenvalue weighted by Crippen LogP contribution is 2.17. The number of benzene rings is 2. The number of primary amides is 1. The quantitative estimate of drug-likeness (QED) is 0.887. The number of halogens is 1. The molecule has 2 aromatic rings. The Morgan fingerprint density at radius 3 is 2.68 bits per heavy atom. The number of hydrogen-bond donors (Lipinski definition) is 2. The molecule has 0 saturated carbocycles. The highest BCUT2D eigenvalue weighted by atomic mass is 19.1. The molecule has 2 amide bonds. The van der Waals surface area contributed by atoms with Crippen LogP contribution in [0.3, 0.4) is 0 Å². The lowest BCUT2D eigenvalue weighted by Crippen LogP contribution is -2.17. The van der Waals surface area contributed by atoms with E-state index in [0.29, 0.717) is 5.75 Å². The molecule has 0 heterocycles. The molecule has 0 bridgehead atoms. The average molecular weight is 302 g/mol. The van der Waals surface area contributed by atoms with Crippen LogP contribution in [0.1, 0.15) is 15.9 Å². The predicted octanol–water partition coefficient (Wildman–Crippen LogP) is 2.11. The molecule has 0 aliphatic heterocycles. The predicted molar refractivity (Wildman–Crippen MR) is 80.2 cm³/mol. The molecule has 0 unspecified atom stereocenters. The lowest BCUT2D eigenvalue weighted by Gasteiger charge is -2.08. The normalized spacial score (nSPS) is 10.1. The zero-order valence-electron chi connectivity index (χ0n) is 11.9. The van der Waals surface area contributed by atoms with Gasteiger partial charge >= 0.3 is 0 Å². The Morgan fingerprint density at radius 2 is 2.00 bits per heavy atom. The molecule has 0 saturated heterocycles. The fourth-order valence-corrected chi connectivity index (χ4v) is 1.94. The van der Waals surface area contributed by atoms with Crippen LogP contribution in [0.2, 0.25) is 0 Å². The van der Waals surface area contributed by atoms with E-state index >= 15 is 0 Å². The molecule has 3 N–H and O–H groups in total. The fraction of sp³-hybridized carbons (Fsp3) is 0.125. The number of ether oxygens (including phenoxy) is 1. The zero-order valence-corrected chi connectivity index (χ0v) is 11.9. The van der Waals surface area contributed by atoms with Gasteiger partial charge in [0.15, 0.2) is 0 Å². The largest absolute Gasteiger partial charge is 0.497 e. The topological polar surface area (TPSA) is 81.4 Å². The number of carbonyl (C=O) groups is 2. The molecular formula is C16H15FN2O3. The van der Waals surface area contributed by atoms with Crippen molar-refractivity contribution >= 4 is 17.5 Å². The van der Waals surface area contributed by atoms with Crippen LogP contribution in [0.25, 0.3) is 0 Å². The van der Waals surface area contributed by atoms with Gasteiger partial charge in [0, 0.05) is 5.56 Å². The van der Waals surface area contributed by atoms with Crippen LogP contribution in [0.5, 0.6) is 5.75 Å². The van der Waals surface area contributed by atoms with Crippen molar-refractivity contribution in [2.75, 3.05) is 12.4 Å². The molecule has 0 fully saturated rings. The number of amides is 2. The maximum absolute atomic E-state index is 13.7. The lowest BCUT2D eigenvalue weighted by molar-refractivity contribution is -0.115. The lowest BCUT2D eigenvalue weighted by atomic mass is 10.1. The number of methoxy groups -OCH3 is 1. The maximum atomic E-state index is 13.7. The molecule has 0 aliphatic carbocycles. The third kappa shape index (κ3) is 3.82. The third-order valence-corrected chi connectivity index (χ3v) is 3.02. The minimum absolute atomic E-state index is 0.0530. The Balaban J connectivity index is 2.11. The van der Waals surface area contributed by atoms with Crippen molar-refractivity contribution in [1.29, 1.82) is 0 Å². The van der Waals surface area contributed by atoms with Crippen molar-refractivity contribution in [1.82, 2.24) is 0 Å². The van der Waals surface area contributed by atoms with E-state index in [-0.39, 0.29) is 17.7 Å². The number of nitrogens with one attached hydrogen (secondary N) is 1. The molecule has 22 heavy (non-hydrogen) atoms. The van der Waals surface area contributed by atoms with Gasteiger partial charge in [-0.15, -0.1) is 0 Å². The van der Waals surface area contributed by atoms with Crippen molar-refractivity contribution in [2.45, 2.75) is 6.42 Å². The Hall–Kier alpha value is -2.89. The summed E-state index contributed by atoms with van der Waals surface area (Å²) in [6.07, 6.45) is 0.0530. The smallest absolute Gasteiger partial charge is 0.248 e. The summed E-state index contributed by atoms with van der Waals surface area (Å²) in [4.78, 5) is 23.1. The van der Waals surface area contributed by atoms with Crippen molar-refractivity contribution in [2.24, 2.45) is 5.73 Å². The van der Waals surface area contributed by atoms with Gasteiger partial charge in [-0.05, 0) is 35.9 Å². The fourth-order valence-electron chi connectivity index (χ4n) is 1.94. The summed E-state index contributed by atoms with van der Waals surface area (Å²) in [7, 11) is 1.53. The number of hydrogen-bond acceptors (Lipinski definition) is 3. The molecule has 0 atom stereocenters. The van der Waals surface area contributed by atoms with Crippen LogP contribution in [-0.2, 0) is 11.2 Å². The molecule has 6 heteroatoms. The van der Waals surface area contributed by atoms with Gasteiger partial charge in [-0.3, -0.25) is 9.59 Å². The van der Waals surface area contributed by atoms with Gasteiger partial charge in [-0.2, -0.15) is 0 Å². The second-order valence-corrected chi connectivity index (χ2v) is 4.64. The first-order valence-corrected chi connectivity index (χ1v) is 6.51. The van der Waals surface area contributed by atoms with Gasteiger partial charge < -0.3 is 15.8 Å². The second-order valence-electron chi connectivity index (χ2n) is 4.64. The van der Waals surface area contributed by atoms with Gasteiger partial charge in [0.1, 0.15) is 11.6 Å². The van der Waals surface area contributed by atoms with Gasteiger partial charge in [0.05, 0.1) is 19.2 Å². The van der Waals surface area contributed by atoms with E-state index in [1.807, 2.05) is 0 Å². The molecule has 2 rings (SSSR count). The molecule has 114 valence electrons. The first kappa shape index (κ1) is 15.5. The second kappa shape index (κ2) is 6.71. The summed E-state index contributed by atoms with van der Waals surface area (Å²) >= 11 is 0. The summed E-state index contributed by atoms with van der Waals surface area (Å²) < 4.78 is 18.7. The minimum Gasteiger partial charge on any atom is -0.497 e. The van der Waals surface area contributed by atoms with E-state index in [0.717, 1.165) is 11.6 Å². The van der Waals surface area contributed by atoms with Crippen molar-refractivity contribution in [3.8, 4) is 5.75 Å². The van der Waals surface area contributed by atoms with E-state index in [1.165, 1.54) is 19.2 Å². The van der Waals surface area contributed by atoms with Crippen LogP contribution < -0.4 is 15.8 Å². The van der Waals surface area contributed by atoms with E-state index in [1.54, 1.807) is 24.3 Å². The molecule has 0 radical (unpaired) electrons. The first-order chi connectivity index (χ1) is 10.5. The van der Waals surface area contributed by atoms with Gasteiger partial charge in [0.2, 0.25) is 11.8 Å². The molecule has 5 nitrogen and oxygen atoms in total. The Morgan fingerprint density at radius 1 is 1.23 bits per heavy atom. The SMILES string of the molecule is COc1cccc(CC(=O)Nc2cc(C(N)=O)ccc2F)c1. The Kier molecular flexibility index (Phi) is 4.73. The van der Waals surface area contributed by atoms with E-state index in [4.69, 9.17) is 10.5 Å². The third-order valence-electron chi connectivity index (χ3n) is 3.02. The number of anilines is 1. The first-order valence-electron chi connectivity index (χ1n) is 6.51. The number of rotatable bonds is 5. The molecule has 0 spiro atoms. The minimum atomic E-state index is -0.691. The summed E-state index contributed by atoms with van der Waals surface area (Å²) in [6.45, 7) is 0. The number of nitrogens with two attached hydrogens (primary N) is 1. The van der Waals surface area contributed by atoms with Crippen LogP contribution in [0.4, 0.5) is 10.1 Å². The highest BCUT2D eigenvalue weighted by Gasteiger charge is 2.11. The maximum Gasteiger partial charge on any atom is 0.248 e. The summed E-state index contributed by atoms with van der Waals surface area (Å²) in [6, 6.07) is 10.6. The zero-order chi connectivity index (χ0) is 16.1. The van der Waals surface area contributed by atoms with Crippen LogP contribution in [0, 0.1) is 5.82 Å². The van der Waals surface area contributed by atoms with Gasteiger partial charge in [-0.25, -0.2) is 4.39 Å². The molecule has 0 aliphatic rings. The summed E-state index contributed by atoms with van der Waals surface area (Å²) in [5.74, 6) is -1.10. The Labute approximate surface area is 126 Å². The highest BCUT2D eigenvalue weighted by molar-refractivity contribution is 5.96. The van der Waals surface area contributed by atoms with Gasteiger partial charge in [0.25, 0.3) is 0 Å². The molecular weight excluding hydrogens is 287 g/mol. The van der Waals surface area contributed by atoms with Crippen molar-refractivity contribution < 1.29 is 18.7 Å². The number of carbonyl (C=O) groups excluding carboxylic acids is 2. The van der Waals surface area contributed by atoms with Crippen LogP contribution >= 0.6 is 0 Å². The Bertz CT molecular complexity index is 716. The van der Waals surface area contributed by atoms with Crippen molar-refractivity contribution in [3.05, 3.63) is 59.4 Å². The van der Waals surface area contributed by atoms with E-state index in [2.05, 4.69) is 5.32 Å². The standard InChI is InChI=1S/C16H15FN2O3/c1-22-12-4-2-3-10(7-12)8-15(20)19-14-9-11(16(18)21)5-6-13(14)17/h2-7,9H,8H2,1H3,(H2,18,21)(H,19,20). The average Bonchev–Trinajstić information content (AvgIpc) is 2.49. The summed E-state index contributed by atoms with van der Waals surface area (Å²) in [5.41, 5.74) is 5.90. The summed E-state index contributed by atoms with van der Waals surface area (Å²) in [5, 5.41) is 2.43. The van der Waals surface area contributed by atoms with Crippen LogP contribution in [-0.4, -0.2) is 18.9 Å². The monoisotopic (exact) mass is 302 g/mol. The molecule has 2 aromatic carbocycles. The van der Waals surface area contributed by atoms with E-state index in [9.17, 15) is 14.0 Å². The molecule has 0 aromatic heterocycles.